The highest BCUT2D eigenvalue weighted by molar-refractivity contribution is 5.84. The van der Waals surface area contributed by atoms with Crippen LogP contribution in [-0.4, -0.2) is 21.2 Å². The van der Waals surface area contributed by atoms with Crippen LogP contribution >= 0.6 is 0 Å². The van der Waals surface area contributed by atoms with Gasteiger partial charge in [0.1, 0.15) is 11.8 Å². The number of benzene rings is 3. The Hall–Kier alpha value is -4.57. The molecule has 0 bridgehead atoms. The molecule has 0 unspecified atom stereocenters. The van der Waals surface area contributed by atoms with Gasteiger partial charge in [0.2, 0.25) is 5.91 Å². The quantitative estimate of drug-likeness (QED) is 0.329. The zero-order valence-electron chi connectivity index (χ0n) is 21.7. The van der Waals surface area contributed by atoms with Crippen molar-refractivity contribution in [3.63, 3.8) is 0 Å². The monoisotopic (exact) mass is 506 g/mol. The molecular weight excluding hydrogens is 476 g/mol. The number of aromatic nitrogens is 2. The molecule has 1 aromatic heterocycles. The molecule has 2 atom stereocenters. The van der Waals surface area contributed by atoms with Crippen molar-refractivity contribution in [2.24, 2.45) is 5.92 Å². The molecule has 3 aromatic carbocycles. The summed E-state index contributed by atoms with van der Waals surface area (Å²) in [6, 6.07) is 22.7. The van der Waals surface area contributed by atoms with Gasteiger partial charge < -0.3 is 5.32 Å². The first kappa shape index (κ1) is 26.5. The molecule has 7 heteroatoms. The molecule has 0 fully saturated rings. The number of fused-ring (bicyclic) bond motifs is 1. The van der Waals surface area contributed by atoms with Gasteiger partial charge in [-0.3, -0.25) is 19.0 Å². The summed E-state index contributed by atoms with van der Waals surface area (Å²) in [5.41, 5.74) is 3.16. The number of amides is 1. The van der Waals surface area contributed by atoms with Crippen LogP contribution in [0.1, 0.15) is 56.8 Å². The lowest BCUT2D eigenvalue weighted by molar-refractivity contribution is -0.126. The van der Waals surface area contributed by atoms with E-state index in [1.165, 1.54) is 17.8 Å². The Morgan fingerprint density at radius 3 is 2.50 bits per heavy atom. The maximum atomic E-state index is 13.7. The first-order valence-electron chi connectivity index (χ1n) is 12.6. The Balaban J connectivity index is 1.71. The summed E-state index contributed by atoms with van der Waals surface area (Å²) in [5.74, 6) is -0.309. The van der Waals surface area contributed by atoms with Crippen molar-refractivity contribution in [3.05, 3.63) is 101 Å². The predicted octanol–water partition coefficient (Wildman–Crippen LogP) is 5.36. The SMILES string of the molecule is CC(=O)C[C@H](NC(=O)[C@H](CC(C)C)n1cnc2ccccc2c1=O)c1cccc(-c2ccccc2C#N)c1. The van der Waals surface area contributed by atoms with Crippen molar-refractivity contribution in [3.8, 4) is 17.2 Å². The van der Waals surface area contributed by atoms with Crippen LogP contribution in [0.15, 0.2) is 83.9 Å². The number of para-hydroxylation sites is 1. The molecule has 1 heterocycles. The van der Waals surface area contributed by atoms with Crippen LogP contribution < -0.4 is 10.9 Å². The van der Waals surface area contributed by atoms with Gasteiger partial charge in [-0.1, -0.05) is 62.4 Å². The van der Waals surface area contributed by atoms with Gasteiger partial charge in [0.05, 0.1) is 34.9 Å². The fourth-order valence-corrected chi connectivity index (χ4v) is 4.66. The fourth-order valence-electron chi connectivity index (χ4n) is 4.66. The lowest BCUT2D eigenvalue weighted by Gasteiger charge is -2.25. The maximum Gasteiger partial charge on any atom is 0.261 e. The number of hydrogen-bond donors (Lipinski definition) is 1. The van der Waals surface area contributed by atoms with Gasteiger partial charge in [-0.05, 0) is 60.2 Å². The van der Waals surface area contributed by atoms with Crippen LogP contribution in [0.5, 0.6) is 0 Å². The van der Waals surface area contributed by atoms with E-state index in [4.69, 9.17) is 0 Å². The molecule has 0 saturated heterocycles. The third-order valence-corrected chi connectivity index (χ3v) is 6.48. The highest BCUT2D eigenvalue weighted by Crippen LogP contribution is 2.28. The standard InChI is InChI=1S/C31H30N4O3/c1-20(2)15-29(35-19-33-27-14-7-6-13-26(27)31(35)38)30(37)34-28(16-21(3)36)23-11-8-10-22(17-23)25-12-5-4-9-24(25)18-32/h4-14,17,19-20,28-29H,15-16H2,1-3H3,(H,34,37)/t28-,29-/m0/s1. The lowest BCUT2D eigenvalue weighted by atomic mass is 9.94. The third kappa shape index (κ3) is 5.87. The topological polar surface area (TPSA) is 105 Å². The summed E-state index contributed by atoms with van der Waals surface area (Å²) in [4.78, 5) is 43.7. The van der Waals surface area contributed by atoms with E-state index in [9.17, 15) is 19.6 Å². The average molecular weight is 507 g/mol. The summed E-state index contributed by atoms with van der Waals surface area (Å²) in [7, 11) is 0. The smallest absolute Gasteiger partial charge is 0.261 e. The van der Waals surface area contributed by atoms with E-state index in [1.54, 1.807) is 24.3 Å². The summed E-state index contributed by atoms with van der Waals surface area (Å²) in [6.07, 6.45) is 1.94. The van der Waals surface area contributed by atoms with Crippen molar-refractivity contribution in [2.45, 2.75) is 45.7 Å². The Morgan fingerprint density at radius 1 is 1.03 bits per heavy atom. The molecule has 192 valence electrons. The first-order valence-corrected chi connectivity index (χ1v) is 12.6. The maximum absolute atomic E-state index is 13.7. The third-order valence-electron chi connectivity index (χ3n) is 6.48. The molecule has 1 amide bonds. The molecule has 38 heavy (non-hydrogen) atoms. The number of nitrogens with zero attached hydrogens (tertiary/aromatic N) is 3. The number of Topliss-reactive ketones (excluding diaryl/α,β-unsaturated/α-hetero) is 1. The molecule has 4 aromatic rings. The molecule has 1 N–H and O–H groups in total. The van der Waals surface area contributed by atoms with Crippen molar-refractivity contribution >= 4 is 22.6 Å². The highest BCUT2D eigenvalue weighted by atomic mass is 16.2. The first-order chi connectivity index (χ1) is 18.3. The van der Waals surface area contributed by atoms with E-state index in [1.807, 2.05) is 62.4 Å². The average Bonchev–Trinajstić information content (AvgIpc) is 2.91. The zero-order chi connectivity index (χ0) is 27.2. The van der Waals surface area contributed by atoms with Gasteiger partial charge in [-0.25, -0.2) is 4.98 Å². The van der Waals surface area contributed by atoms with Crippen LogP contribution in [0.2, 0.25) is 0 Å². The minimum atomic E-state index is -0.795. The largest absolute Gasteiger partial charge is 0.347 e. The van der Waals surface area contributed by atoms with Gasteiger partial charge in [-0.15, -0.1) is 0 Å². The van der Waals surface area contributed by atoms with Gasteiger partial charge in [0.25, 0.3) is 5.56 Å². The molecule has 0 spiro atoms. The summed E-state index contributed by atoms with van der Waals surface area (Å²) >= 11 is 0. The normalized spacial score (nSPS) is 12.6. The second-order valence-electron chi connectivity index (χ2n) is 9.87. The van der Waals surface area contributed by atoms with Crippen molar-refractivity contribution < 1.29 is 9.59 Å². The summed E-state index contributed by atoms with van der Waals surface area (Å²) in [6.45, 7) is 5.46. The molecule has 0 aliphatic heterocycles. The number of ketones is 1. The Kier molecular flexibility index (Phi) is 8.12. The number of nitriles is 1. The minimum absolute atomic E-state index is 0.0805. The molecule has 7 nitrogen and oxygen atoms in total. The van der Waals surface area contributed by atoms with Crippen LogP contribution in [0.25, 0.3) is 22.0 Å². The van der Waals surface area contributed by atoms with E-state index in [2.05, 4.69) is 16.4 Å². The van der Waals surface area contributed by atoms with Gasteiger partial charge >= 0.3 is 0 Å². The van der Waals surface area contributed by atoms with Gasteiger partial charge in [0, 0.05) is 6.42 Å². The Labute approximate surface area is 221 Å². The number of carbonyl (C=O) groups is 2. The second-order valence-corrected chi connectivity index (χ2v) is 9.87. The van der Waals surface area contributed by atoms with E-state index in [0.29, 0.717) is 22.9 Å². The molecular formula is C31H30N4O3. The Bertz CT molecular complexity index is 1580. The summed E-state index contributed by atoms with van der Waals surface area (Å²) < 4.78 is 1.39. The van der Waals surface area contributed by atoms with E-state index in [0.717, 1.165) is 16.7 Å². The number of carbonyl (C=O) groups excluding carboxylic acids is 2. The van der Waals surface area contributed by atoms with E-state index >= 15 is 0 Å². The summed E-state index contributed by atoms with van der Waals surface area (Å²) in [5, 5.41) is 13.0. The van der Waals surface area contributed by atoms with Crippen LogP contribution in [0.3, 0.4) is 0 Å². The van der Waals surface area contributed by atoms with Gasteiger partial charge in [-0.2, -0.15) is 5.26 Å². The number of nitrogens with one attached hydrogen (secondary N) is 1. The van der Waals surface area contributed by atoms with Crippen LogP contribution in [0, 0.1) is 17.2 Å². The minimum Gasteiger partial charge on any atom is -0.347 e. The van der Waals surface area contributed by atoms with Crippen LogP contribution in [-0.2, 0) is 9.59 Å². The molecule has 0 aliphatic carbocycles. The predicted molar refractivity (Wildman–Crippen MR) is 147 cm³/mol. The van der Waals surface area contributed by atoms with Crippen molar-refractivity contribution in [1.29, 1.82) is 5.26 Å². The van der Waals surface area contributed by atoms with Crippen LogP contribution in [0.4, 0.5) is 0 Å². The molecule has 0 saturated carbocycles. The van der Waals surface area contributed by atoms with E-state index < -0.39 is 12.1 Å². The number of rotatable bonds is 9. The molecule has 4 rings (SSSR count). The lowest BCUT2D eigenvalue weighted by Crippen LogP contribution is -2.40. The molecule has 0 radical (unpaired) electrons. The van der Waals surface area contributed by atoms with Crippen molar-refractivity contribution in [1.82, 2.24) is 14.9 Å². The van der Waals surface area contributed by atoms with Gasteiger partial charge in [0.15, 0.2) is 0 Å². The molecule has 0 aliphatic rings. The van der Waals surface area contributed by atoms with Crippen molar-refractivity contribution in [2.75, 3.05) is 0 Å². The second kappa shape index (κ2) is 11.7. The fraction of sp³-hybridized carbons (Fsp3) is 0.258. The zero-order valence-corrected chi connectivity index (χ0v) is 21.7. The number of hydrogen-bond acceptors (Lipinski definition) is 5. The highest BCUT2D eigenvalue weighted by Gasteiger charge is 2.27. The Morgan fingerprint density at radius 2 is 1.76 bits per heavy atom. The van der Waals surface area contributed by atoms with E-state index in [-0.39, 0.29) is 29.6 Å².